The second kappa shape index (κ2) is 8.82. The van der Waals surface area contributed by atoms with Crippen molar-refractivity contribution >= 4 is 8.69 Å². The van der Waals surface area contributed by atoms with Crippen LogP contribution in [0.1, 0.15) is 0 Å². The van der Waals surface area contributed by atoms with Crippen LogP contribution in [-0.4, -0.2) is 4.89 Å². The molecular weight excluding hydrogens is 236 g/mol. The third kappa shape index (κ3) is 9.55. The molecule has 0 amide bonds. The molecule has 0 bridgehead atoms. The zero-order chi connectivity index (χ0) is 2.71. The van der Waals surface area contributed by atoms with Gasteiger partial charge in [-0.05, 0) is 0 Å². The summed E-state index contributed by atoms with van der Waals surface area (Å²) in [4.78, 5) is 6.99. The van der Waals surface area contributed by atoms with Gasteiger partial charge in [-0.15, -0.1) is 0 Å². The van der Waals surface area contributed by atoms with Crippen LogP contribution < -0.4 is 0 Å². The Bertz CT molecular complexity index is 13.5. The van der Waals surface area contributed by atoms with E-state index in [2.05, 4.69) is 0 Å². The zero-order valence-electron chi connectivity index (χ0n) is 1.57. The van der Waals surface area contributed by atoms with Gasteiger partial charge in [0.1, 0.15) is 0 Å². The summed E-state index contributed by atoms with van der Waals surface area (Å²) in [7, 11) is -0.833. The molecule has 0 heterocycles. The van der Waals surface area contributed by atoms with E-state index in [9.17, 15) is 0 Å². The minimum Gasteiger partial charge on any atom is -0.310 e. The second-order valence-electron chi connectivity index (χ2n) is 0.0816. The van der Waals surface area contributed by atoms with Gasteiger partial charge in [-0.25, -0.2) is 4.57 Å². The van der Waals surface area contributed by atoms with Crippen molar-refractivity contribution in [1.82, 2.24) is 0 Å². The van der Waals surface area contributed by atoms with E-state index in [4.69, 9.17) is 9.46 Å². The summed E-state index contributed by atoms with van der Waals surface area (Å²) in [5, 5.41) is 0. The SMILES string of the molecule is O=PO.[Yb]. The van der Waals surface area contributed by atoms with Crippen molar-refractivity contribution in [3.63, 3.8) is 0 Å². The molecule has 4 heavy (non-hydrogen) atoms. The van der Waals surface area contributed by atoms with Gasteiger partial charge in [0, 0.05) is 46.9 Å². The normalized spacial score (nSPS) is 5.25. The molecule has 32 valence electrons. The monoisotopic (exact) mass is 238 g/mol. The molecule has 0 fully saturated rings. The molecule has 1 N–H and O–H groups in total. The largest absolute Gasteiger partial charge is 0.324 e. The van der Waals surface area contributed by atoms with Crippen LogP contribution in [-0.2, 0) is 4.57 Å². The van der Waals surface area contributed by atoms with Crippen LogP contribution in [0, 0.1) is 46.9 Å². The Morgan fingerprint density at radius 1 is 1.75 bits per heavy atom. The molecule has 0 aliphatic heterocycles. The fourth-order valence-electron chi connectivity index (χ4n) is 0. The Kier molecular flexibility index (Phi) is 20.1. The van der Waals surface area contributed by atoms with E-state index in [0.717, 1.165) is 0 Å². The van der Waals surface area contributed by atoms with Gasteiger partial charge in [0.05, 0.1) is 0 Å². The van der Waals surface area contributed by atoms with Crippen molar-refractivity contribution < 1.29 is 56.4 Å². The van der Waals surface area contributed by atoms with E-state index >= 15 is 0 Å². The average molecular weight is 237 g/mol. The van der Waals surface area contributed by atoms with Crippen LogP contribution in [0.25, 0.3) is 0 Å². The van der Waals surface area contributed by atoms with Gasteiger partial charge >= 0.3 is 8.69 Å². The van der Waals surface area contributed by atoms with Crippen LogP contribution in [0.15, 0.2) is 0 Å². The van der Waals surface area contributed by atoms with Crippen molar-refractivity contribution in [3.05, 3.63) is 0 Å². The van der Waals surface area contributed by atoms with Crippen molar-refractivity contribution in [1.29, 1.82) is 0 Å². The molecule has 2 nitrogen and oxygen atoms in total. The van der Waals surface area contributed by atoms with Crippen molar-refractivity contribution in [3.8, 4) is 0 Å². The molecule has 0 rings (SSSR count). The number of hydrogen-bond donors (Lipinski definition) is 1. The Morgan fingerprint density at radius 2 is 1.75 bits per heavy atom. The summed E-state index contributed by atoms with van der Waals surface area (Å²) in [5.41, 5.74) is 0. The second-order valence-corrected chi connectivity index (χ2v) is 0.245. The molecule has 0 saturated carbocycles. The van der Waals surface area contributed by atoms with Gasteiger partial charge in [0.2, 0.25) is 0 Å². The maximum Gasteiger partial charge on any atom is 0.324 e. The average Bonchev–Trinajstić information content (AvgIpc) is 0.918. The minimum absolute atomic E-state index is 0. The van der Waals surface area contributed by atoms with Crippen molar-refractivity contribution in [2.45, 2.75) is 0 Å². The van der Waals surface area contributed by atoms with Crippen molar-refractivity contribution in [2.24, 2.45) is 0 Å². The number of hydrogen-bond acceptors (Lipinski definition) is 1. The molecule has 0 radical (unpaired) electrons. The molecule has 4 heteroatoms. The molecule has 0 spiro atoms. The summed E-state index contributed by atoms with van der Waals surface area (Å²) in [6, 6.07) is 0. The van der Waals surface area contributed by atoms with Crippen molar-refractivity contribution in [2.75, 3.05) is 0 Å². The predicted molar refractivity (Wildman–Crippen MR) is 9.83 cm³/mol. The van der Waals surface area contributed by atoms with E-state index in [1.165, 1.54) is 0 Å². The maximum absolute atomic E-state index is 8.46. The van der Waals surface area contributed by atoms with Crippen LogP contribution in [0.4, 0.5) is 0 Å². The molecule has 0 aromatic carbocycles. The van der Waals surface area contributed by atoms with Gasteiger partial charge in [-0.1, -0.05) is 0 Å². The fraction of sp³-hybridized carbons (Fsp3) is 0. The molecular formula is HO2PYb. The smallest absolute Gasteiger partial charge is 0.310 e. The summed E-state index contributed by atoms with van der Waals surface area (Å²) < 4.78 is 8.46. The maximum atomic E-state index is 8.46. The van der Waals surface area contributed by atoms with Gasteiger partial charge < -0.3 is 4.89 Å². The first-order valence-electron chi connectivity index (χ1n) is 0.383. The van der Waals surface area contributed by atoms with Crippen LogP contribution in [0.3, 0.4) is 0 Å². The molecule has 0 aliphatic rings. The first-order valence-corrected chi connectivity index (χ1v) is 1.15. The van der Waals surface area contributed by atoms with Gasteiger partial charge in [-0.3, -0.25) is 0 Å². The van der Waals surface area contributed by atoms with Crippen LogP contribution in [0.5, 0.6) is 0 Å². The number of rotatable bonds is 0. The zero-order valence-corrected chi connectivity index (χ0v) is 4.18. The Hall–Kier alpha value is 1.58. The summed E-state index contributed by atoms with van der Waals surface area (Å²) in [6.45, 7) is 0. The predicted octanol–water partition coefficient (Wildman–Crippen LogP) is 0.185. The van der Waals surface area contributed by atoms with Crippen LogP contribution in [0.2, 0.25) is 0 Å². The standard InChI is InChI=1S/HO2P.Yb/c1-3-2;/h(H,1,2);. The summed E-state index contributed by atoms with van der Waals surface area (Å²) in [5.74, 6) is 0. The first kappa shape index (κ1) is 9.13. The fourth-order valence-corrected chi connectivity index (χ4v) is 0. The topological polar surface area (TPSA) is 37.3 Å². The molecule has 0 aromatic rings. The van der Waals surface area contributed by atoms with E-state index in [-0.39, 0.29) is 46.9 Å². The Balaban J connectivity index is 0. The van der Waals surface area contributed by atoms with Gasteiger partial charge in [-0.2, -0.15) is 0 Å². The molecule has 0 atom stereocenters. The summed E-state index contributed by atoms with van der Waals surface area (Å²) in [6.07, 6.45) is 0. The molecule has 0 aliphatic carbocycles. The van der Waals surface area contributed by atoms with E-state index in [0.29, 0.717) is 0 Å². The molecule has 0 saturated heterocycles. The van der Waals surface area contributed by atoms with E-state index in [1.807, 2.05) is 0 Å². The molecule has 0 unspecified atom stereocenters. The van der Waals surface area contributed by atoms with Gasteiger partial charge in [0.15, 0.2) is 0 Å². The quantitative estimate of drug-likeness (QED) is 0.610. The third-order valence-corrected chi connectivity index (χ3v) is 0. The van der Waals surface area contributed by atoms with E-state index < -0.39 is 8.69 Å². The van der Waals surface area contributed by atoms with Crippen LogP contribution >= 0.6 is 8.69 Å². The first-order chi connectivity index (χ1) is 1.41. The Morgan fingerprint density at radius 3 is 1.75 bits per heavy atom. The Labute approximate surface area is 64.1 Å². The minimum atomic E-state index is -0.833. The summed E-state index contributed by atoms with van der Waals surface area (Å²) >= 11 is 0. The third-order valence-electron chi connectivity index (χ3n) is 0. The van der Waals surface area contributed by atoms with E-state index in [1.54, 1.807) is 0 Å². The van der Waals surface area contributed by atoms with Gasteiger partial charge in [0.25, 0.3) is 0 Å². The molecule has 0 aromatic heterocycles.